The highest BCUT2D eigenvalue weighted by atomic mass is 35.5. The van der Waals surface area contributed by atoms with Crippen molar-refractivity contribution in [3.63, 3.8) is 0 Å². The molecule has 1 aliphatic heterocycles. The molecule has 0 amide bonds. The van der Waals surface area contributed by atoms with Gasteiger partial charge in [0.1, 0.15) is 6.67 Å². The first-order valence-corrected chi connectivity index (χ1v) is 6.24. The molecular weight excluding hydrogens is 225 g/mol. The number of alkyl halides is 1. The fourth-order valence-corrected chi connectivity index (χ4v) is 2.55. The smallest absolute Gasteiger partial charge is 0.116 e. The van der Waals surface area contributed by atoms with Crippen LogP contribution in [0.4, 0.5) is 4.39 Å². The lowest BCUT2D eigenvalue weighted by atomic mass is 9.95. The standard InChI is InChI=1S/C13H17ClFN/c14-13-6-3-4-10(12(13)9-15)8-11-5-1-2-7-16-11/h3-4,6,11,16H,1-2,5,7-9H2. The lowest BCUT2D eigenvalue weighted by Crippen LogP contribution is -2.35. The molecule has 0 aromatic heterocycles. The predicted molar refractivity (Wildman–Crippen MR) is 65.6 cm³/mol. The van der Waals surface area contributed by atoms with Gasteiger partial charge in [-0.1, -0.05) is 30.2 Å². The van der Waals surface area contributed by atoms with Crippen LogP contribution in [-0.4, -0.2) is 12.6 Å². The van der Waals surface area contributed by atoms with Gasteiger partial charge in [0.15, 0.2) is 0 Å². The van der Waals surface area contributed by atoms with Gasteiger partial charge < -0.3 is 5.32 Å². The maximum atomic E-state index is 12.9. The first-order valence-electron chi connectivity index (χ1n) is 5.87. The van der Waals surface area contributed by atoms with Crippen LogP contribution in [0, 0.1) is 0 Å². The van der Waals surface area contributed by atoms with Crippen molar-refractivity contribution in [1.29, 1.82) is 0 Å². The van der Waals surface area contributed by atoms with E-state index in [1.54, 1.807) is 6.07 Å². The summed E-state index contributed by atoms with van der Waals surface area (Å²) in [7, 11) is 0. The number of nitrogens with one attached hydrogen (secondary N) is 1. The Labute approximate surface area is 101 Å². The zero-order valence-electron chi connectivity index (χ0n) is 9.31. The van der Waals surface area contributed by atoms with E-state index >= 15 is 0 Å². The SMILES string of the molecule is FCc1c(Cl)cccc1CC1CCCCN1. The van der Waals surface area contributed by atoms with Gasteiger partial charge in [-0.2, -0.15) is 0 Å². The maximum Gasteiger partial charge on any atom is 0.116 e. The van der Waals surface area contributed by atoms with E-state index in [4.69, 9.17) is 11.6 Å². The molecule has 1 N–H and O–H groups in total. The fourth-order valence-electron chi connectivity index (χ4n) is 2.31. The molecule has 1 aromatic carbocycles. The highest BCUT2D eigenvalue weighted by molar-refractivity contribution is 6.31. The highest BCUT2D eigenvalue weighted by Gasteiger charge is 2.15. The molecule has 0 radical (unpaired) electrons. The van der Waals surface area contributed by atoms with Crippen LogP contribution in [0.15, 0.2) is 18.2 Å². The Hall–Kier alpha value is -0.600. The van der Waals surface area contributed by atoms with Gasteiger partial charge in [-0.3, -0.25) is 0 Å². The van der Waals surface area contributed by atoms with Gasteiger partial charge in [0.2, 0.25) is 0 Å². The minimum absolute atomic E-state index is 0.471. The Morgan fingerprint density at radius 1 is 1.38 bits per heavy atom. The lowest BCUT2D eigenvalue weighted by Gasteiger charge is -2.24. The third-order valence-corrected chi connectivity index (χ3v) is 3.58. The molecule has 1 saturated heterocycles. The molecule has 1 nitrogen and oxygen atoms in total. The minimum Gasteiger partial charge on any atom is -0.314 e. The molecule has 1 aliphatic rings. The van der Waals surface area contributed by atoms with Crippen molar-refractivity contribution >= 4 is 11.6 Å². The highest BCUT2D eigenvalue weighted by Crippen LogP contribution is 2.23. The Balaban J connectivity index is 2.10. The van der Waals surface area contributed by atoms with Crippen molar-refractivity contribution in [3.05, 3.63) is 34.3 Å². The average Bonchev–Trinajstić information content (AvgIpc) is 2.31. The van der Waals surface area contributed by atoms with Crippen LogP contribution in [0.2, 0.25) is 5.02 Å². The summed E-state index contributed by atoms with van der Waals surface area (Å²) < 4.78 is 12.9. The first-order chi connectivity index (χ1) is 7.81. The van der Waals surface area contributed by atoms with Crippen LogP contribution in [0.25, 0.3) is 0 Å². The zero-order chi connectivity index (χ0) is 11.4. The second-order valence-electron chi connectivity index (χ2n) is 4.36. The monoisotopic (exact) mass is 241 g/mol. The van der Waals surface area contributed by atoms with Crippen molar-refractivity contribution in [3.8, 4) is 0 Å². The van der Waals surface area contributed by atoms with E-state index in [-0.39, 0.29) is 0 Å². The van der Waals surface area contributed by atoms with Crippen LogP contribution >= 0.6 is 11.6 Å². The van der Waals surface area contributed by atoms with E-state index in [1.807, 2.05) is 12.1 Å². The quantitative estimate of drug-likeness (QED) is 0.854. The zero-order valence-corrected chi connectivity index (χ0v) is 10.1. The Morgan fingerprint density at radius 3 is 2.94 bits per heavy atom. The molecule has 1 atom stereocenters. The van der Waals surface area contributed by atoms with E-state index in [0.717, 1.165) is 18.5 Å². The number of rotatable bonds is 3. The molecular formula is C13H17ClFN. The van der Waals surface area contributed by atoms with Crippen molar-refractivity contribution in [2.24, 2.45) is 0 Å². The summed E-state index contributed by atoms with van der Waals surface area (Å²) in [6.07, 6.45) is 4.59. The summed E-state index contributed by atoms with van der Waals surface area (Å²) >= 11 is 5.99. The lowest BCUT2D eigenvalue weighted by molar-refractivity contribution is 0.396. The maximum absolute atomic E-state index is 12.9. The summed E-state index contributed by atoms with van der Waals surface area (Å²) in [4.78, 5) is 0. The minimum atomic E-state index is -0.471. The van der Waals surface area contributed by atoms with Gasteiger partial charge >= 0.3 is 0 Å². The predicted octanol–water partition coefficient (Wildman–Crippen LogP) is 3.49. The number of piperidine rings is 1. The molecule has 0 spiro atoms. The van der Waals surface area contributed by atoms with Gasteiger partial charge in [-0.25, -0.2) is 4.39 Å². The van der Waals surface area contributed by atoms with Gasteiger partial charge in [-0.15, -0.1) is 0 Å². The normalized spacial score (nSPS) is 21.0. The summed E-state index contributed by atoms with van der Waals surface area (Å²) in [6.45, 7) is 0.609. The second-order valence-corrected chi connectivity index (χ2v) is 4.77. The number of hydrogen-bond donors (Lipinski definition) is 1. The van der Waals surface area contributed by atoms with E-state index in [1.165, 1.54) is 19.3 Å². The molecule has 1 heterocycles. The van der Waals surface area contributed by atoms with E-state index in [2.05, 4.69) is 5.32 Å². The van der Waals surface area contributed by atoms with Crippen LogP contribution < -0.4 is 5.32 Å². The molecule has 2 rings (SSSR count). The van der Waals surface area contributed by atoms with Gasteiger partial charge in [0.05, 0.1) is 0 Å². The van der Waals surface area contributed by atoms with Gasteiger partial charge in [0.25, 0.3) is 0 Å². The van der Waals surface area contributed by atoms with Crippen molar-refractivity contribution in [2.75, 3.05) is 6.54 Å². The average molecular weight is 242 g/mol. The van der Waals surface area contributed by atoms with Crippen molar-refractivity contribution in [1.82, 2.24) is 5.32 Å². The van der Waals surface area contributed by atoms with Crippen LogP contribution in [0.5, 0.6) is 0 Å². The third-order valence-electron chi connectivity index (χ3n) is 3.23. The number of halogens is 2. The van der Waals surface area contributed by atoms with Crippen molar-refractivity contribution in [2.45, 2.75) is 38.4 Å². The molecule has 0 saturated carbocycles. The largest absolute Gasteiger partial charge is 0.314 e. The summed E-state index contributed by atoms with van der Waals surface area (Å²) in [5, 5.41) is 4.02. The van der Waals surface area contributed by atoms with Crippen LogP contribution in [0.1, 0.15) is 30.4 Å². The van der Waals surface area contributed by atoms with Crippen molar-refractivity contribution < 1.29 is 4.39 Å². The third kappa shape index (κ3) is 2.74. The van der Waals surface area contributed by atoms with Crippen LogP contribution in [-0.2, 0) is 13.1 Å². The topological polar surface area (TPSA) is 12.0 Å². The van der Waals surface area contributed by atoms with E-state index < -0.39 is 6.67 Å². The summed E-state index contributed by atoms with van der Waals surface area (Å²) in [5.74, 6) is 0. The molecule has 1 fully saturated rings. The van der Waals surface area contributed by atoms with Gasteiger partial charge in [-0.05, 0) is 37.4 Å². The Bertz CT molecular complexity index is 348. The van der Waals surface area contributed by atoms with Gasteiger partial charge in [0, 0.05) is 16.6 Å². The summed E-state index contributed by atoms with van der Waals surface area (Å²) in [6, 6.07) is 6.13. The Morgan fingerprint density at radius 2 is 2.25 bits per heavy atom. The molecule has 1 aromatic rings. The van der Waals surface area contributed by atoms with E-state index in [9.17, 15) is 4.39 Å². The Kier molecular flexibility index (Phi) is 4.19. The second kappa shape index (κ2) is 5.65. The van der Waals surface area contributed by atoms with E-state index in [0.29, 0.717) is 16.6 Å². The molecule has 16 heavy (non-hydrogen) atoms. The molecule has 88 valence electrons. The number of benzene rings is 1. The molecule has 0 bridgehead atoms. The molecule has 3 heteroatoms. The fraction of sp³-hybridized carbons (Fsp3) is 0.538. The molecule has 0 aliphatic carbocycles. The number of hydrogen-bond acceptors (Lipinski definition) is 1. The summed E-state index contributed by atoms with van der Waals surface area (Å²) in [5.41, 5.74) is 1.71. The van der Waals surface area contributed by atoms with Crippen LogP contribution in [0.3, 0.4) is 0 Å². The molecule has 1 unspecified atom stereocenters. The first kappa shape index (κ1) is 11.9.